The maximum atomic E-state index is 12.1. The average molecular weight is 242 g/mol. The van der Waals surface area contributed by atoms with Gasteiger partial charge >= 0.3 is 0 Å². The molecule has 0 saturated carbocycles. The fraction of sp³-hybridized carbons (Fsp3) is 0.500. The van der Waals surface area contributed by atoms with Crippen molar-refractivity contribution >= 4 is 10.0 Å². The molecular weight excluding hydrogens is 228 g/mol. The van der Waals surface area contributed by atoms with Crippen molar-refractivity contribution < 1.29 is 13.5 Å². The third kappa shape index (κ3) is 2.09. The van der Waals surface area contributed by atoms with E-state index in [1.54, 1.807) is 12.1 Å². The van der Waals surface area contributed by atoms with Crippen LogP contribution in [0.2, 0.25) is 0 Å². The van der Waals surface area contributed by atoms with Gasteiger partial charge in [0.15, 0.2) is 5.03 Å². The molecule has 0 aliphatic carbocycles. The van der Waals surface area contributed by atoms with Crippen LogP contribution in [0.25, 0.3) is 0 Å². The second-order valence-electron chi connectivity index (χ2n) is 3.87. The fourth-order valence-corrected chi connectivity index (χ4v) is 3.26. The van der Waals surface area contributed by atoms with E-state index in [1.165, 1.54) is 16.6 Å². The molecule has 1 saturated heterocycles. The zero-order valence-electron chi connectivity index (χ0n) is 8.78. The molecule has 1 aliphatic heterocycles. The van der Waals surface area contributed by atoms with Gasteiger partial charge in [0.2, 0.25) is 0 Å². The van der Waals surface area contributed by atoms with Crippen molar-refractivity contribution in [1.29, 1.82) is 0 Å². The number of aliphatic hydroxyl groups excluding tert-OH is 1. The lowest BCUT2D eigenvalue weighted by Gasteiger charge is -2.15. The Hall–Kier alpha value is -0.980. The lowest BCUT2D eigenvalue weighted by molar-refractivity contribution is 0.233. The lowest BCUT2D eigenvalue weighted by atomic mass is 10.1. The van der Waals surface area contributed by atoms with Gasteiger partial charge in [0, 0.05) is 25.9 Å². The largest absolute Gasteiger partial charge is 0.396 e. The minimum atomic E-state index is -3.47. The number of rotatable bonds is 3. The highest BCUT2D eigenvalue weighted by Gasteiger charge is 2.32. The highest BCUT2D eigenvalue weighted by Crippen LogP contribution is 2.22. The Morgan fingerprint density at radius 3 is 2.88 bits per heavy atom. The third-order valence-corrected chi connectivity index (χ3v) is 4.53. The van der Waals surface area contributed by atoms with Crippen LogP contribution in [0.4, 0.5) is 0 Å². The first kappa shape index (κ1) is 11.5. The van der Waals surface area contributed by atoms with Crippen molar-refractivity contribution in [2.45, 2.75) is 11.4 Å². The van der Waals surface area contributed by atoms with Gasteiger partial charge in [-0.05, 0) is 24.5 Å². The molecule has 1 atom stereocenters. The van der Waals surface area contributed by atoms with E-state index in [4.69, 9.17) is 5.11 Å². The van der Waals surface area contributed by atoms with Crippen molar-refractivity contribution in [2.24, 2.45) is 5.92 Å². The van der Waals surface area contributed by atoms with Crippen LogP contribution < -0.4 is 0 Å². The lowest BCUT2D eigenvalue weighted by Crippen LogP contribution is -2.29. The van der Waals surface area contributed by atoms with Gasteiger partial charge < -0.3 is 5.11 Å². The molecule has 1 aromatic rings. The number of aromatic nitrogens is 1. The van der Waals surface area contributed by atoms with E-state index in [0.29, 0.717) is 19.5 Å². The van der Waals surface area contributed by atoms with Crippen LogP contribution in [0.5, 0.6) is 0 Å². The Morgan fingerprint density at radius 2 is 2.31 bits per heavy atom. The standard InChI is InChI=1S/C10H14N2O3S/c13-8-9-4-6-12(7-9)16(14,15)10-3-1-2-5-11-10/h1-3,5,9,13H,4,6-8H2. The molecule has 16 heavy (non-hydrogen) atoms. The highest BCUT2D eigenvalue weighted by atomic mass is 32.2. The molecule has 0 radical (unpaired) electrons. The van der Waals surface area contributed by atoms with Crippen LogP contribution in [0.3, 0.4) is 0 Å². The first-order chi connectivity index (χ1) is 7.64. The molecule has 1 N–H and O–H groups in total. The number of hydrogen-bond acceptors (Lipinski definition) is 4. The third-order valence-electron chi connectivity index (χ3n) is 2.75. The second-order valence-corrected chi connectivity index (χ2v) is 5.75. The van der Waals surface area contributed by atoms with E-state index in [9.17, 15) is 8.42 Å². The maximum absolute atomic E-state index is 12.1. The molecule has 5 nitrogen and oxygen atoms in total. The molecule has 2 rings (SSSR count). The molecule has 0 aromatic carbocycles. The van der Waals surface area contributed by atoms with Crippen LogP contribution in [0.1, 0.15) is 6.42 Å². The molecule has 0 bridgehead atoms. The first-order valence-electron chi connectivity index (χ1n) is 5.16. The molecular formula is C10H14N2O3S. The van der Waals surface area contributed by atoms with Crippen LogP contribution in [-0.4, -0.2) is 42.5 Å². The Balaban J connectivity index is 2.21. The molecule has 1 fully saturated rings. The molecule has 1 unspecified atom stereocenters. The zero-order valence-corrected chi connectivity index (χ0v) is 9.60. The van der Waals surface area contributed by atoms with E-state index < -0.39 is 10.0 Å². The van der Waals surface area contributed by atoms with Crippen molar-refractivity contribution in [3.63, 3.8) is 0 Å². The zero-order chi connectivity index (χ0) is 11.6. The van der Waals surface area contributed by atoms with Crippen molar-refractivity contribution in [3.05, 3.63) is 24.4 Å². The normalized spacial score (nSPS) is 22.4. The summed E-state index contributed by atoms with van der Waals surface area (Å²) >= 11 is 0. The van der Waals surface area contributed by atoms with Gasteiger partial charge in [0.05, 0.1) is 0 Å². The monoisotopic (exact) mass is 242 g/mol. The second kappa shape index (κ2) is 4.48. The van der Waals surface area contributed by atoms with Gasteiger partial charge in [-0.2, -0.15) is 4.31 Å². The minimum absolute atomic E-state index is 0.0360. The SMILES string of the molecule is O=S(=O)(c1ccccn1)N1CCC(CO)C1. The smallest absolute Gasteiger partial charge is 0.260 e. The number of aliphatic hydroxyl groups is 1. The molecule has 0 amide bonds. The molecule has 0 spiro atoms. The Kier molecular flexibility index (Phi) is 3.22. The van der Waals surface area contributed by atoms with E-state index in [0.717, 1.165) is 0 Å². The van der Waals surface area contributed by atoms with Gasteiger partial charge in [-0.3, -0.25) is 0 Å². The summed E-state index contributed by atoms with van der Waals surface area (Å²) in [4.78, 5) is 3.85. The summed E-state index contributed by atoms with van der Waals surface area (Å²) in [5.41, 5.74) is 0. The van der Waals surface area contributed by atoms with Gasteiger partial charge in [-0.15, -0.1) is 0 Å². The molecule has 1 aliphatic rings. The summed E-state index contributed by atoms with van der Waals surface area (Å²) in [6.45, 7) is 0.883. The van der Waals surface area contributed by atoms with Crippen LogP contribution in [0.15, 0.2) is 29.4 Å². The first-order valence-corrected chi connectivity index (χ1v) is 6.60. The summed E-state index contributed by atoms with van der Waals surface area (Å²) in [6, 6.07) is 4.82. The molecule has 6 heteroatoms. The van der Waals surface area contributed by atoms with Crippen molar-refractivity contribution in [2.75, 3.05) is 19.7 Å². The molecule has 88 valence electrons. The Bertz CT molecular complexity index is 446. The van der Waals surface area contributed by atoms with E-state index in [-0.39, 0.29) is 17.6 Å². The Morgan fingerprint density at radius 1 is 1.50 bits per heavy atom. The van der Waals surface area contributed by atoms with Gasteiger partial charge in [0.25, 0.3) is 10.0 Å². The number of nitrogens with zero attached hydrogens (tertiary/aromatic N) is 2. The van der Waals surface area contributed by atoms with Gasteiger partial charge in [-0.25, -0.2) is 13.4 Å². The predicted molar refractivity (Wildman–Crippen MR) is 58.2 cm³/mol. The molecule has 2 heterocycles. The number of pyridine rings is 1. The van der Waals surface area contributed by atoms with Crippen molar-refractivity contribution in [1.82, 2.24) is 9.29 Å². The van der Waals surface area contributed by atoms with E-state index in [1.807, 2.05) is 0 Å². The van der Waals surface area contributed by atoms with E-state index in [2.05, 4.69) is 4.98 Å². The van der Waals surface area contributed by atoms with Crippen LogP contribution in [0, 0.1) is 5.92 Å². The predicted octanol–water partition coefficient (Wildman–Crippen LogP) is 0.0845. The van der Waals surface area contributed by atoms with Crippen LogP contribution in [-0.2, 0) is 10.0 Å². The average Bonchev–Trinajstić information content (AvgIpc) is 2.79. The van der Waals surface area contributed by atoms with Crippen LogP contribution >= 0.6 is 0 Å². The molecule has 1 aromatic heterocycles. The van der Waals surface area contributed by atoms with Gasteiger partial charge in [-0.1, -0.05) is 6.07 Å². The van der Waals surface area contributed by atoms with E-state index >= 15 is 0 Å². The topological polar surface area (TPSA) is 70.5 Å². The summed E-state index contributed by atoms with van der Waals surface area (Å²) in [5.74, 6) is 0.0542. The summed E-state index contributed by atoms with van der Waals surface area (Å²) in [7, 11) is -3.47. The summed E-state index contributed by atoms with van der Waals surface area (Å²) < 4.78 is 25.5. The Labute approximate surface area is 94.8 Å². The number of hydrogen-bond donors (Lipinski definition) is 1. The fourth-order valence-electron chi connectivity index (χ4n) is 1.80. The van der Waals surface area contributed by atoms with Gasteiger partial charge in [0.1, 0.15) is 0 Å². The number of sulfonamides is 1. The minimum Gasteiger partial charge on any atom is -0.396 e. The summed E-state index contributed by atoms with van der Waals surface area (Å²) in [6.07, 6.45) is 2.18. The maximum Gasteiger partial charge on any atom is 0.260 e. The van der Waals surface area contributed by atoms with Crippen molar-refractivity contribution in [3.8, 4) is 0 Å². The highest BCUT2D eigenvalue weighted by molar-refractivity contribution is 7.89. The quantitative estimate of drug-likeness (QED) is 0.815. The summed E-state index contributed by atoms with van der Waals surface area (Å²) in [5, 5.41) is 9.06.